The van der Waals surface area contributed by atoms with Crippen molar-refractivity contribution in [3.8, 4) is 11.5 Å². The van der Waals surface area contributed by atoms with E-state index in [2.05, 4.69) is 9.72 Å². The molecule has 0 fully saturated rings. The molecule has 4 aromatic rings. The number of amides is 1. The number of nitrogens with two attached hydrogens (primary N) is 2. The van der Waals surface area contributed by atoms with Crippen molar-refractivity contribution in [2.75, 3.05) is 10.6 Å². The highest BCUT2D eigenvalue weighted by atomic mass is 32.1. The first kappa shape index (κ1) is 26.6. The summed E-state index contributed by atoms with van der Waals surface area (Å²) < 4.78 is 35.0. The molecule has 1 unspecified atom stereocenters. The third kappa shape index (κ3) is 6.24. The van der Waals surface area contributed by atoms with E-state index in [0.717, 1.165) is 16.9 Å². The van der Waals surface area contributed by atoms with E-state index in [1.54, 1.807) is 36.1 Å². The number of carbonyl (C=O) groups excluding carboxylic acids is 2. The molecule has 0 aliphatic rings. The lowest BCUT2D eigenvalue weighted by molar-refractivity contribution is -0.118. The van der Waals surface area contributed by atoms with E-state index in [1.165, 1.54) is 24.3 Å². The molecular weight excluding hydrogens is 514 g/mol. The van der Waals surface area contributed by atoms with E-state index in [1.807, 2.05) is 30.3 Å². The Hall–Kier alpha value is -4.51. The molecule has 1 atom stereocenters. The Bertz CT molecular complexity index is 1400. The number of ether oxygens (including phenoxy) is 2. The number of benzene rings is 3. The average molecular weight is 539 g/mol. The largest absolute Gasteiger partial charge is 0.489 e. The van der Waals surface area contributed by atoms with Gasteiger partial charge in [0.2, 0.25) is 11.7 Å². The summed E-state index contributed by atoms with van der Waals surface area (Å²) in [4.78, 5) is 31.3. The minimum Gasteiger partial charge on any atom is -0.489 e. The summed E-state index contributed by atoms with van der Waals surface area (Å²) in [5, 5.41) is 0.285. The number of halogens is 2. The maximum atomic E-state index is 13.1. The van der Waals surface area contributed by atoms with Crippen molar-refractivity contribution in [1.29, 1.82) is 0 Å². The van der Waals surface area contributed by atoms with E-state index >= 15 is 0 Å². The second-order valence-electron chi connectivity index (χ2n) is 8.16. The second-order valence-corrected chi connectivity index (χ2v) is 9.14. The molecule has 4 rings (SSSR count). The SMILES string of the molecule is CC(C(N)=O)N(c1ccc(OCc2ccccc2)cc1)c1nc(N)c(C(=O)c2ccc(OC(F)F)cc2)s1. The lowest BCUT2D eigenvalue weighted by Crippen LogP contribution is -2.39. The lowest BCUT2D eigenvalue weighted by Gasteiger charge is -2.26. The zero-order chi connectivity index (χ0) is 27.2. The van der Waals surface area contributed by atoms with Gasteiger partial charge in [-0.1, -0.05) is 41.7 Å². The van der Waals surface area contributed by atoms with Gasteiger partial charge in [0.15, 0.2) is 5.13 Å². The summed E-state index contributed by atoms with van der Waals surface area (Å²) in [7, 11) is 0. The molecule has 11 heteroatoms. The molecule has 0 saturated carbocycles. The molecule has 38 heavy (non-hydrogen) atoms. The van der Waals surface area contributed by atoms with Crippen molar-refractivity contribution >= 4 is 39.7 Å². The number of primary amides is 1. The summed E-state index contributed by atoms with van der Waals surface area (Å²) in [6.45, 7) is -0.965. The van der Waals surface area contributed by atoms with Crippen LogP contribution in [-0.2, 0) is 11.4 Å². The smallest absolute Gasteiger partial charge is 0.387 e. The van der Waals surface area contributed by atoms with Gasteiger partial charge in [0.25, 0.3) is 0 Å². The minimum atomic E-state index is -2.97. The van der Waals surface area contributed by atoms with Crippen molar-refractivity contribution in [3.05, 3.63) is 94.9 Å². The first-order valence-corrected chi connectivity index (χ1v) is 12.3. The van der Waals surface area contributed by atoms with Crippen LogP contribution in [0.2, 0.25) is 0 Å². The van der Waals surface area contributed by atoms with Gasteiger partial charge in [0, 0.05) is 11.3 Å². The van der Waals surface area contributed by atoms with Crippen LogP contribution in [0.4, 0.5) is 25.4 Å². The fourth-order valence-electron chi connectivity index (χ4n) is 3.58. The number of nitrogen functional groups attached to an aromatic ring is 1. The van der Waals surface area contributed by atoms with Gasteiger partial charge in [-0.3, -0.25) is 9.59 Å². The molecule has 4 N–H and O–H groups in total. The van der Waals surface area contributed by atoms with E-state index in [9.17, 15) is 18.4 Å². The standard InChI is InChI=1S/C27H24F2N4O4S/c1-16(25(31)35)33(19-9-13-20(14-10-19)36-15-17-5-3-2-4-6-17)27-32-24(30)23(38-27)22(34)18-7-11-21(12-8-18)37-26(28)29/h2-14,16,26H,15,30H2,1H3,(H2,31,35). The number of anilines is 3. The molecule has 196 valence electrons. The van der Waals surface area contributed by atoms with Crippen LogP contribution in [0.15, 0.2) is 78.9 Å². The van der Waals surface area contributed by atoms with Crippen LogP contribution in [0.1, 0.15) is 27.7 Å². The van der Waals surface area contributed by atoms with E-state index in [4.69, 9.17) is 16.2 Å². The number of carbonyl (C=O) groups is 2. The highest BCUT2D eigenvalue weighted by molar-refractivity contribution is 7.18. The summed E-state index contributed by atoms with van der Waals surface area (Å²) in [6, 6.07) is 21.2. The van der Waals surface area contributed by atoms with Gasteiger partial charge in [-0.15, -0.1) is 0 Å². The quantitative estimate of drug-likeness (QED) is 0.253. The molecular formula is C27H24F2N4O4S. The summed E-state index contributed by atoms with van der Waals surface area (Å²) >= 11 is 0.988. The number of alkyl halides is 2. The molecule has 0 spiro atoms. The van der Waals surface area contributed by atoms with Crippen LogP contribution in [0.25, 0.3) is 0 Å². The molecule has 1 amide bonds. The fraction of sp³-hybridized carbons (Fsp3) is 0.148. The van der Waals surface area contributed by atoms with Crippen molar-refractivity contribution in [3.63, 3.8) is 0 Å². The van der Waals surface area contributed by atoms with Gasteiger partial charge in [-0.25, -0.2) is 4.98 Å². The number of hydrogen-bond acceptors (Lipinski definition) is 8. The summed E-state index contributed by atoms with van der Waals surface area (Å²) in [5.74, 6) is -0.547. The molecule has 0 aliphatic carbocycles. The molecule has 1 heterocycles. The van der Waals surface area contributed by atoms with Gasteiger partial charge < -0.3 is 25.8 Å². The van der Waals surface area contributed by atoms with Gasteiger partial charge in [-0.2, -0.15) is 8.78 Å². The minimum absolute atomic E-state index is 0.0348. The normalized spacial score (nSPS) is 11.7. The highest BCUT2D eigenvalue weighted by Crippen LogP contribution is 2.36. The van der Waals surface area contributed by atoms with Crippen LogP contribution >= 0.6 is 11.3 Å². The molecule has 0 radical (unpaired) electrons. The van der Waals surface area contributed by atoms with E-state index < -0.39 is 24.3 Å². The van der Waals surface area contributed by atoms with Crippen molar-refractivity contribution in [2.24, 2.45) is 5.73 Å². The highest BCUT2D eigenvalue weighted by Gasteiger charge is 2.27. The first-order valence-electron chi connectivity index (χ1n) is 11.4. The van der Waals surface area contributed by atoms with Crippen LogP contribution in [0, 0.1) is 0 Å². The van der Waals surface area contributed by atoms with Gasteiger partial charge in [0.05, 0.1) is 0 Å². The Morgan fingerprint density at radius 1 is 0.974 bits per heavy atom. The van der Waals surface area contributed by atoms with Gasteiger partial charge in [0.1, 0.15) is 34.8 Å². The number of nitrogens with zero attached hydrogens (tertiary/aromatic N) is 2. The van der Waals surface area contributed by atoms with Crippen LogP contribution < -0.4 is 25.8 Å². The number of rotatable bonds is 11. The zero-order valence-electron chi connectivity index (χ0n) is 20.2. The molecule has 3 aromatic carbocycles. The number of aromatic nitrogens is 1. The monoisotopic (exact) mass is 538 g/mol. The Morgan fingerprint density at radius 3 is 2.21 bits per heavy atom. The maximum absolute atomic E-state index is 13.1. The summed E-state index contributed by atoms with van der Waals surface area (Å²) in [6.07, 6.45) is 0. The third-order valence-corrected chi connectivity index (χ3v) is 6.63. The maximum Gasteiger partial charge on any atom is 0.387 e. The molecule has 1 aromatic heterocycles. The number of ketones is 1. The zero-order valence-corrected chi connectivity index (χ0v) is 21.0. The second kappa shape index (κ2) is 11.7. The van der Waals surface area contributed by atoms with Crippen molar-refractivity contribution in [2.45, 2.75) is 26.2 Å². The predicted molar refractivity (Wildman–Crippen MR) is 141 cm³/mol. The molecule has 0 saturated heterocycles. The molecule has 0 aliphatic heterocycles. The van der Waals surface area contributed by atoms with Crippen LogP contribution in [0.3, 0.4) is 0 Å². The van der Waals surface area contributed by atoms with E-state index in [0.29, 0.717) is 18.0 Å². The number of hydrogen-bond donors (Lipinski definition) is 2. The van der Waals surface area contributed by atoms with Crippen LogP contribution in [0.5, 0.6) is 11.5 Å². The Morgan fingerprint density at radius 2 is 1.61 bits per heavy atom. The molecule has 0 bridgehead atoms. The first-order chi connectivity index (χ1) is 18.2. The Kier molecular flexibility index (Phi) is 8.17. The predicted octanol–water partition coefficient (Wildman–Crippen LogP) is 5.15. The molecule has 8 nitrogen and oxygen atoms in total. The van der Waals surface area contributed by atoms with Crippen molar-refractivity contribution < 1.29 is 27.8 Å². The van der Waals surface area contributed by atoms with E-state index in [-0.39, 0.29) is 27.1 Å². The Balaban J connectivity index is 1.57. The van der Waals surface area contributed by atoms with Crippen molar-refractivity contribution in [1.82, 2.24) is 4.98 Å². The summed E-state index contributed by atoms with van der Waals surface area (Å²) in [5.41, 5.74) is 13.5. The van der Waals surface area contributed by atoms with Gasteiger partial charge in [-0.05, 0) is 61.0 Å². The average Bonchev–Trinajstić information content (AvgIpc) is 3.29. The fourth-order valence-corrected chi connectivity index (χ4v) is 4.62. The lowest BCUT2D eigenvalue weighted by atomic mass is 10.1. The number of thiazole rings is 1. The Labute approximate surface area is 221 Å². The topological polar surface area (TPSA) is 121 Å². The third-order valence-electron chi connectivity index (χ3n) is 5.56. The van der Waals surface area contributed by atoms with Crippen LogP contribution in [-0.4, -0.2) is 29.3 Å². The van der Waals surface area contributed by atoms with Gasteiger partial charge >= 0.3 is 6.61 Å².